The minimum absolute atomic E-state index is 0.00415. The lowest BCUT2D eigenvalue weighted by Crippen LogP contribution is -2.19. The molecule has 0 saturated carbocycles. The maximum Gasteiger partial charge on any atom is 0.250 e. The Bertz CT molecular complexity index is 919. The van der Waals surface area contributed by atoms with E-state index in [0.29, 0.717) is 22.2 Å². The van der Waals surface area contributed by atoms with Crippen LogP contribution in [0, 0.1) is 0 Å². The van der Waals surface area contributed by atoms with Crippen LogP contribution in [0.15, 0.2) is 59.1 Å². The fraction of sp³-hybridized carbons (Fsp3) is 0.0556. The third kappa shape index (κ3) is 4.05. The number of benzene rings is 2. The number of aromatic nitrogens is 1. The van der Waals surface area contributed by atoms with Gasteiger partial charge in [0.25, 0.3) is 5.91 Å². The molecule has 0 spiro atoms. The number of carbonyl (C=O) groups is 2. The number of nitrogens with one attached hydrogen (secondary N) is 1. The van der Waals surface area contributed by atoms with Crippen molar-refractivity contribution < 1.29 is 14.1 Å². The van der Waals surface area contributed by atoms with Gasteiger partial charge in [-0.3, -0.25) is 9.59 Å². The van der Waals surface area contributed by atoms with Crippen LogP contribution in [0.1, 0.15) is 16.1 Å². The van der Waals surface area contributed by atoms with E-state index in [1.54, 1.807) is 54.6 Å². The maximum atomic E-state index is 12.2. The highest BCUT2D eigenvalue weighted by atomic mass is 35.5. The van der Waals surface area contributed by atoms with Gasteiger partial charge in [-0.05, 0) is 36.4 Å². The molecule has 3 rings (SSSR count). The molecular weight excluding hydrogens is 342 g/mol. The molecule has 3 aromatic rings. The summed E-state index contributed by atoms with van der Waals surface area (Å²) in [6, 6.07) is 15.3. The Kier molecular flexibility index (Phi) is 4.81. The van der Waals surface area contributed by atoms with Crippen molar-refractivity contribution in [1.29, 1.82) is 0 Å². The van der Waals surface area contributed by atoms with Crippen molar-refractivity contribution in [1.82, 2.24) is 5.16 Å². The average molecular weight is 356 g/mol. The molecule has 0 unspecified atom stereocenters. The molecule has 0 aliphatic carbocycles. The predicted octanol–water partition coefficient (Wildman–Crippen LogP) is 3.28. The number of rotatable bonds is 5. The molecule has 1 aromatic heterocycles. The first-order valence-electron chi connectivity index (χ1n) is 7.43. The third-order valence-corrected chi connectivity index (χ3v) is 3.75. The van der Waals surface area contributed by atoms with Gasteiger partial charge in [0.2, 0.25) is 5.91 Å². The zero-order valence-electron chi connectivity index (χ0n) is 13.0. The largest absolute Gasteiger partial charge is 0.366 e. The van der Waals surface area contributed by atoms with E-state index in [4.69, 9.17) is 21.9 Å². The van der Waals surface area contributed by atoms with Gasteiger partial charge in [0.15, 0.2) is 5.76 Å². The van der Waals surface area contributed by atoms with E-state index in [0.717, 1.165) is 5.56 Å². The molecule has 1 heterocycles. The molecule has 0 fully saturated rings. The molecular formula is C18H14ClN3O3. The minimum atomic E-state index is -0.609. The summed E-state index contributed by atoms with van der Waals surface area (Å²) in [7, 11) is 0. The quantitative estimate of drug-likeness (QED) is 0.733. The SMILES string of the molecule is NC(=O)c1ccccc1NC(=O)Cc1cc(-c2ccc(Cl)cc2)on1. The molecule has 6 nitrogen and oxygen atoms in total. The first kappa shape index (κ1) is 16.7. The van der Waals surface area contributed by atoms with Crippen molar-refractivity contribution in [3.63, 3.8) is 0 Å². The molecule has 0 aliphatic rings. The van der Waals surface area contributed by atoms with Crippen LogP contribution < -0.4 is 11.1 Å². The summed E-state index contributed by atoms with van der Waals surface area (Å²) in [4.78, 5) is 23.6. The molecule has 0 radical (unpaired) electrons. The van der Waals surface area contributed by atoms with Crippen LogP contribution in [-0.2, 0) is 11.2 Å². The van der Waals surface area contributed by atoms with Crippen LogP contribution in [0.2, 0.25) is 5.02 Å². The van der Waals surface area contributed by atoms with Gasteiger partial charge in [0, 0.05) is 16.7 Å². The van der Waals surface area contributed by atoms with E-state index in [2.05, 4.69) is 10.5 Å². The normalized spacial score (nSPS) is 10.4. The minimum Gasteiger partial charge on any atom is -0.366 e. The van der Waals surface area contributed by atoms with Crippen molar-refractivity contribution in [3.8, 4) is 11.3 Å². The van der Waals surface area contributed by atoms with E-state index in [1.165, 1.54) is 0 Å². The van der Waals surface area contributed by atoms with E-state index in [1.807, 2.05) is 0 Å². The second kappa shape index (κ2) is 7.19. The highest BCUT2D eigenvalue weighted by molar-refractivity contribution is 6.30. The Labute approximate surface area is 148 Å². The van der Waals surface area contributed by atoms with E-state index < -0.39 is 5.91 Å². The Balaban J connectivity index is 1.70. The van der Waals surface area contributed by atoms with Gasteiger partial charge < -0.3 is 15.6 Å². The Morgan fingerprint density at radius 3 is 2.56 bits per heavy atom. The second-order valence-electron chi connectivity index (χ2n) is 5.32. The van der Waals surface area contributed by atoms with Gasteiger partial charge in [-0.1, -0.05) is 28.9 Å². The average Bonchev–Trinajstić information content (AvgIpc) is 3.04. The summed E-state index contributed by atoms with van der Waals surface area (Å²) in [5.41, 5.74) is 7.18. The number of halogens is 1. The number of anilines is 1. The Morgan fingerprint density at radius 2 is 1.84 bits per heavy atom. The highest BCUT2D eigenvalue weighted by Gasteiger charge is 2.13. The van der Waals surface area contributed by atoms with Crippen LogP contribution in [0.25, 0.3) is 11.3 Å². The zero-order valence-corrected chi connectivity index (χ0v) is 13.8. The number of nitrogens with zero attached hydrogens (tertiary/aromatic N) is 1. The molecule has 0 saturated heterocycles. The standard InChI is InChI=1S/C18H14ClN3O3/c19-12-7-5-11(6-8-12)16-9-13(22-25-16)10-17(23)21-15-4-2-1-3-14(15)18(20)24/h1-9H,10H2,(H2,20,24)(H,21,23). The van der Waals surface area contributed by atoms with Crippen LogP contribution in [0.5, 0.6) is 0 Å². The highest BCUT2D eigenvalue weighted by Crippen LogP contribution is 2.22. The van der Waals surface area contributed by atoms with Crippen LogP contribution >= 0.6 is 11.6 Å². The topological polar surface area (TPSA) is 98.2 Å². The number of nitrogens with two attached hydrogens (primary N) is 1. The van der Waals surface area contributed by atoms with Gasteiger partial charge in [0.1, 0.15) is 0 Å². The zero-order chi connectivity index (χ0) is 17.8. The van der Waals surface area contributed by atoms with Gasteiger partial charge in [-0.25, -0.2) is 0 Å². The summed E-state index contributed by atoms with van der Waals surface area (Å²) >= 11 is 5.85. The second-order valence-corrected chi connectivity index (χ2v) is 5.76. The first-order valence-corrected chi connectivity index (χ1v) is 7.81. The summed E-state index contributed by atoms with van der Waals surface area (Å²) in [6.07, 6.45) is 0.00415. The van der Waals surface area contributed by atoms with E-state index in [-0.39, 0.29) is 17.9 Å². The fourth-order valence-electron chi connectivity index (χ4n) is 2.31. The van der Waals surface area contributed by atoms with Gasteiger partial charge in [-0.2, -0.15) is 0 Å². The van der Waals surface area contributed by atoms with E-state index >= 15 is 0 Å². The maximum absolute atomic E-state index is 12.2. The molecule has 0 atom stereocenters. The number of hydrogen-bond acceptors (Lipinski definition) is 4. The van der Waals surface area contributed by atoms with Gasteiger partial charge in [-0.15, -0.1) is 0 Å². The lowest BCUT2D eigenvalue weighted by molar-refractivity contribution is -0.115. The Morgan fingerprint density at radius 1 is 1.12 bits per heavy atom. The lowest BCUT2D eigenvalue weighted by Gasteiger charge is -2.07. The summed E-state index contributed by atoms with van der Waals surface area (Å²) < 4.78 is 5.26. The number of para-hydroxylation sites is 1. The monoisotopic (exact) mass is 355 g/mol. The number of carbonyl (C=O) groups excluding carboxylic acids is 2. The molecule has 0 aliphatic heterocycles. The molecule has 3 N–H and O–H groups in total. The Hall–Kier alpha value is -3.12. The summed E-state index contributed by atoms with van der Waals surface area (Å²) in [6.45, 7) is 0. The fourth-order valence-corrected chi connectivity index (χ4v) is 2.44. The van der Waals surface area contributed by atoms with Gasteiger partial charge in [0.05, 0.1) is 23.4 Å². The van der Waals surface area contributed by atoms with E-state index in [9.17, 15) is 9.59 Å². The van der Waals surface area contributed by atoms with Crippen molar-refractivity contribution in [2.75, 3.05) is 5.32 Å². The number of hydrogen-bond donors (Lipinski definition) is 2. The van der Waals surface area contributed by atoms with Crippen molar-refractivity contribution in [2.24, 2.45) is 5.73 Å². The van der Waals surface area contributed by atoms with Crippen LogP contribution in [0.3, 0.4) is 0 Å². The molecule has 0 bridgehead atoms. The first-order chi connectivity index (χ1) is 12.0. The third-order valence-electron chi connectivity index (χ3n) is 3.50. The van der Waals surface area contributed by atoms with Crippen LogP contribution in [0.4, 0.5) is 5.69 Å². The van der Waals surface area contributed by atoms with Crippen molar-refractivity contribution >= 4 is 29.1 Å². The predicted molar refractivity (Wildman–Crippen MR) is 94.2 cm³/mol. The molecule has 126 valence electrons. The summed E-state index contributed by atoms with van der Waals surface area (Å²) in [5.74, 6) is -0.399. The van der Waals surface area contributed by atoms with Crippen molar-refractivity contribution in [3.05, 3.63) is 70.9 Å². The lowest BCUT2D eigenvalue weighted by atomic mass is 10.1. The smallest absolute Gasteiger partial charge is 0.250 e. The summed E-state index contributed by atoms with van der Waals surface area (Å²) in [5, 5.41) is 7.17. The molecule has 25 heavy (non-hydrogen) atoms. The number of primary amides is 1. The van der Waals surface area contributed by atoms with Gasteiger partial charge >= 0.3 is 0 Å². The number of amides is 2. The molecule has 2 aromatic carbocycles. The molecule has 7 heteroatoms. The van der Waals surface area contributed by atoms with Crippen LogP contribution in [-0.4, -0.2) is 17.0 Å². The molecule has 2 amide bonds. The van der Waals surface area contributed by atoms with Crippen molar-refractivity contribution in [2.45, 2.75) is 6.42 Å².